The van der Waals surface area contributed by atoms with E-state index in [4.69, 9.17) is 0 Å². The van der Waals surface area contributed by atoms with Crippen LogP contribution in [0, 0.1) is 0 Å². The van der Waals surface area contributed by atoms with Crippen molar-refractivity contribution in [2.24, 2.45) is 0 Å². The molecule has 0 bridgehead atoms. The molecule has 2 rings (SSSR count). The fourth-order valence-corrected chi connectivity index (χ4v) is 3.70. The molecule has 21 heavy (non-hydrogen) atoms. The molecule has 1 aromatic heterocycles. The van der Waals surface area contributed by atoms with Gasteiger partial charge in [0.25, 0.3) is 0 Å². The van der Waals surface area contributed by atoms with E-state index in [1.807, 2.05) is 10.8 Å². The maximum Gasteiger partial charge on any atom is 0.238 e. The maximum absolute atomic E-state index is 12.2. The molecule has 1 aliphatic rings. The number of carbonyl (C=O) groups excluding carboxylic acids is 1. The van der Waals surface area contributed by atoms with Crippen LogP contribution in [0.1, 0.15) is 25.7 Å². The van der Waals surface area contributed by atoms with Crippen LogP contribution >= 0.6 is 0 Å². The van der Waals surface area contributed by atoms with Crippen LogP contribution in [0.5, 0.6) is 0 Å². The van der Waals surface area contributed by atoms with Gasteiger partial charge in [-0.2, -0.15) is 4.31 Å². The number of aromatic nitrogens is 2. The van der Waals surface area contributed by atoms with E-state index in [-0.39, 0.29) is 5.91 Å². The smallest absolute Gasteiger partial charge is 0.238 e. The van der Waals surface area contributed by atoms with Gasteiger partial charge in [0.15, 0.2) is 0 Å². The van der Waals surface area contributed by atoms with Crippen molar-refractivity contribution in [3.8, 4) is 0 Å². The summed E-state index contributed by atoms with van der Waals surface area (Å²) in [6.45, 7) is 1.75. The number of rotatable bonds is 6. The highest BCUT2D eigenvalue weighted by Gasteiger charge is 2.34. The fourth-order valence-electron chi connectivity index (χ4n) is 2.57. The summed E-state index contributed by atoms with van der Waals surface area (Å²) >= 11 is 0. The van der Waals surface area contributed by atoms with Crippen molar-refractivity contribution < 1.29 is 13.2 Å². The third-order valence-corrected chi connectivity index (χ3v) is 4.92. The predicted octanol–water partition coefficient (Wildman–Crippen LogP) is 0.204. The van der Waals surface area contributed by atoms with Crippen LogP contribution in [0.25, 0.3) is 0 Å². The first kappa shape index (κ1) is 16.0. The molecule has 2 heterocycles. The summed E-state index contributed by atoms with van der Waals surface area (Å²) < 4.78 is 26.7. The molecule has 0 unspecified atom stereocenters. The highest BCUT2D eigenvalue weighted by Crippen LogP contribution is 2.19. The topological polar surface area (TPSA) is 84.3 Å². The largest absolute Gasteiger partial charge is 0.355 e. The Balaban J connectivity index is 1.81. The molecule has 0 aliphatic carbocycles. The third-order valence-electron chi connectivity index (χ3n) is 3.63. The Labute approximate surface area is 125 Å². The number of hydrogen-bond acceptors (Lipinski definition) is 4. The van der Waals surface area contributed by atoms with Gasteiger partial charge in [0, 0.05) is 32.0 Å². The molecule has 1 N–H and O–H groups in total. The molecule has 0 aromatic carbocycles. The summed E-state index contributed by atoms with van der Waals surface area (Å²) in [6.07, 6.45) is 9.57. The van der Waals surface area contributed by atoms with E-state index < -0.39 is 16.1 Å². The van der Waals surface area contributed by atoms with Gasteiger partial charge in [-0.1, -0.05) is 6.42 Å². The first-order valence-electron chi connectivity index (χ1n) is 7.19. The highest BCUT2D eigenvalue weighted by atomic mass is 32.2. The molecule has 7 nitrogen and oxygen atoms in total. The van der Waals surface area contributed by atoms with Gasteiger partial charge in [0.05, 0.1) is 12.6 Å². The Morgan fingerprint density at radius 2 is 2.24 bits per heavy atom. The van der Waals surface area contributed by atoms with E-state index in [9.17, 15) is 13.2 Å². The van der Waals surface area contributed by atoms with Crippen LogP contribution in [0.4, 0.5) is 0 Å². The minimum atomic E-state index is -3.33. The van der Waals surface area contributed by atoms with Gasteiger partial charge >= 0.3 is 0 Å². The first-order chi connectivity index (χ1) is 9.98. The zero-order chi connectivity index (χ0) is 15.3. The minimum absolute atomic E-state index is 0.189. The number of aryl methyl sites for hydroxylation is 1. The van der Waals surface area contributed by atoms with Gasteiger partial charge in [-0.3, -0.25) is 4.79 Å². The van der Waals surface area contributed by atoms with E-state index in [0.717, 1.165) is 32.1 Å². The molecule has 1 aliphatic heterocycles. The SMILES string of the molecule is CS(=O)(=O)N1CCCC[C@H]1C(=O)NCCCn1ccnc1. The van der Waals surface area contributed by atoms with Crippen molar-refractivity contribution in [3.63, 3.8) is 0 Å². The molecule has 118 valence electrons. The van der Waals surface area contributed by atoms with E-state index in [1.54, 1.807) is 12.5 Å². The van der Waals surface area contributed by atoms with Crippen molar-refractivity contribution in [1.82, 2.24) is 19.2 Å². The average molecular weight is 314 g/mol. The highest BCUT2D eigenvalue weighted by molar-refractivity contribution is 7.88. The average Bonchev–Trinajstić information content (AvgIpc) is 2.95. The van der Waals surface area contributed by atoms with Crippen molar-refractivity contribution in [3.05, 3.63) is 18.7 Å². The van der Waals surface area contributed by atoms with Gasteiger partial charge in [-0.25, -0.2) is 13.4 Å². The molecule has 1 aromatic rings. The van der Waals surface area contributed by atoms with Gasteiger partial charge in [-0.15, -0.1) is 0 Å². The zero-order valence-corrected chi connectivity index (χ0v) is 13.1. The molecule has 1 saturated heterocycles. The number of amides is 1. The summed E-state index contributed by atoms with van der Waals surface area (Å²) in [7, 11) is -3.33. The van der Waals surface area contributed by atoms with Crippen LogP contribution in [0.3, 0.4) is 0 Å². The predicted molar refractivity (Wildman–Crippen MR) is 79.0 cm³/mol. The summed E-state index contributed by atoms with van der Waals surface area (Å²) in [5.74, 6) is -0.189. The van der Waals surface area contributed by atoms with Gasteiger partial charge in [0.1, 0.15) is 6.04 Å². The number of nitrogens with one attached hydrogen (secondary N) is 1. The molecular weight excluding hydrogens is 292 g/mol. The van der Waals surface area contributed by atoms with E-state index in [1.165, 1.54) is 4.31 Å². The molecule has 1 atom stereocenters. The molecule has 0 spiro atoms. The van der Waals surface area contributed by atoms with Crippen molar-refractivity contribution >= 4 is 15.9 Å². The molecule has 0 saturated carbocycles. The molecule has 1 fully saturated rings. The Morgan fingerprint density at radius 3 is 2.90 bits per heavy atom. The first-order valence-corrected chi connectivity index (χ1v) is 9.03. The summed E-state index contributed by atoms with van der Waals surface area (Å²) in [5.41, 5.74) is 0. The fraction of sp³-hybridized carbons (Fsp3) is 0.692. The number of imidazole rings is 1. The number of piperidine rings is 1. The Morgan fingerprint density at radius 1 is 1.43 bits per heavy atom. The van der Waals surface area contributed by atoms with Crippen LogP contribution in [-0.2, 0) is 21.4 Å². The molecule has 1 amide bonds. The second-order valence-corrected chi connectivity index (χ2v) is 7.27. The number of hydrogen-bond donors (Lipinski definition) is 1. The standard InChI is InChI=1S/C13H22N4O3S/c1-21(19,20)17-9-3-2-5-12(17)13(18)15-6-4-8-16-10-7-14-11-16/h7,10-12H,2-6,8-9H2,1H3,(H,15,18)/t12-/m0/s1. The van der Waals surface area contributed by atoms with E-state index >= 15 is 0 Å². The second kappa shape index (κ2) is 7.04. The van der Waals surface area contributed by atoms with Crippen molar-refractivity contribution in [2.75, 3.05) is 19.3 Å². The lowest BCUT2D eigenvalue weighted by Gasteiger charge is -2.32. The summed E-state index contributed by atoms with van der Waals surface area (Å²) in [6, 6.07) is -0.554. The third kappa shape index (κ3) is 4.53. The summed E-state index contributed by atoms with van der Waals surface area (Å²) in [5, 5.41) is 2.84. The lowest BCUT2D eigenvalue weighted by molar-refractivity contribution is -0.125. The zero-order valence-electron chi connectivity index (χ0n) is 12.2. The van der Waals surface area contributed by atoms with E-state index in [2.05, 4.69) is 10.3 Å². The monoisotopic (exact) mass is 314 g/mol. The van der Waals surface area contributed by atoms with Crippen LogP contribution in [-0.4, -0.2) is 53.6 Å². The van der Waals surface area contributed by atoms with Crippen LogP contribution in [0.2, 0.25) is 0 Å². The van der Waals surface area contributed by atoms with Gasteiger partial charge in [0.2, 0.25) is 15.9 Å². The second-order valence-electron chi connectivity index (χ2n) is 5.33. The molecule has 8 heteroatoms. The van der Waals surface area contributed by atoms with Crippen LogP contribution in [0.15, 0.2) is 18.7 Å². The van der Waals surface area contributed by atoms with Crippen molar-refractivity contribution in [1.29, 1.82) is 0 Å². The van der Waals surface area contributed by atoms with Gasteiger partial charge in [-0.05, 0) is 19.3 Å². The number of sulfonamides is 1. The minimum Gasteiger partial charge on any atom is -0.355 e. The Bertz CT molecular complexity index is 556. The number of nitrogens with zero attached hydrogens (tertiary/aromatic N) is 3. The van der Waals surface area contributed by atoms with Gasteiger partial charge < -0.3 is 9.88 Å². The lowest BCUT2D eigenvalue weighted by atomic mass is 10.0. The maximum atomic E-state index is 12.2. The quantitative estimate of drug-likeness (QED) is 0.760. The molecule has 0 radical (unpaired) electrons. The van der Waals surface area contributed by atoms with E-state index in [0.29, 0.717) is 19.5 Å². The Hall–Kier alpha value is -1.41. The number of carbonyl (C=O) groups is 1. The van der Waals surface area contributed by atoms with Crippen molar-refractivity contribution in [2.45, 2.75) is 38.3 Å². The lowest BCUT2D eigenvalue weighted by Crippen LogP contribution is -2.51. The Kier molecular flexibility index (Phi) is 5.35. The normalized spacial score (nSPS) is 20.3. The van der Waals surface area contributed by atoms with Crippen LogP contribution < -0.4 is 5.32 Å². The summed E-state index contributed by atoms with van der Waals surface area (Å²) in [4.78, 5) is 16.1. The molecular formula is C13H22N4O3S.